The van der Waals surface area contributed by atoms with Gasteiger partial charge in [0.2, 0.25) is 0 Å². The molecule has 5 rings (SSSR count). The number of likely N-dealkylation sites (tertiary alicyclic amines) is 1. The summed E-state index contributed by atoms with van der Waals surface area (Å²) in [5.41, 5.74) is -0.181. The Labute approximate surface area is 178 Å². The van der Waals surface area contributed by atoms with Gasteiger partial charge in [0, 0.05) is 37.6 Å². The third-order valence-corrected chi connectivity index (χ3v) is 6.54. The van der Waals surface area contributed by atoms with Crippen molar-refractivity contribution < 1.29 is 28.2 Å². The Balaban J connectivity index is 1.32. The molecule has 2 aromatic rings. The van der Waals surface area contributed by atoms with Crippen LogP contribution in [-0.2, 0) is 9.53 Å². The topological polar surface area (TPSA) is 70.1 Å². The van der Waals surface area contributed by atoms with Crippen molar-refractivity contribution in [2.75, 3.05) is 13.1 Å². The smallest absolute Gasteiger partial charge is 0.257 e. The van der Waals surface area contributed by atoms with E-state index >= 15 is 0 Å². The molecule has 3 saturated heterocycles. The predicted octanol–water partition coefficient (Wildman–Crippen LogP) is 3.37. The van der Waals surface area contributed by atoms with Crippen LogP contribution in [0.15, 0.2) is 42.5 Å². The molecule has 3 aliphatic heterocycles. The highest BCUT2D eigenvalue weighted by molar-refractivity contribution is 5.95. The van der Waals surface area contributed by atoms with E-state index in [0.717, 1.165) is 6.07 Å². The van der Waals surface area contributed by atoms with Gasteiger partial charge >= 0.3 is 0 Å². The van der Waals surface area contributed by atoms with E-state index in [-0.39, 0.29) is 17.6 Å². The minimum atomic E-state index is -1.01. The molecule has 0 saturated carbocycles. The molecule has 3 fully saturated rings. The molecule has 3 heterocycles. The van der Waals surface area contributed by atoms with Crippen LogP contribution in [0, 0.1) is 11.6 Å². The number of phenols is 1. The largest absolute Gasteiger partial charge is 0.508 e. The molecule has 0 aliphatic carbocycles. The van der Waals surface area contributed by atoms with E-state index < -0.39 is 29.5 Å². The van der Waals surface area contributed by atoms with Crippen LogP contribution in [0.4, 0.5) is 8.78 Å². The Morgan fingerprint density at radius 2 is 1.77 bits per heavy atom. The summed E-state index contributed by atoms with van der Waals surface area (Å²) in [6.45, 7) is 0.695. The first-order chi connectivity index (χ1) is 14.9. The first-order valence-corrected chi connectivity index (χ1v) is 10.4. The van der Waals surface area contributed by atoms with Crippen LogP contribution in [0.1, 0.15) is 47.6 Å². The molecule has 2 atom stereocenters. The Hall–Kier alpha value is -3.00. The zero-order valence-corrected chi connectivity index (χ0v) is 16.8. The van der Waals surface area contributed by atoms with Gasteiger partial charge in [-0.1, -0.05) is 6.07 Å². The number of fused-ring (bicyclic) bond motifs is 1. The van der Waals surface area contributed by atoms with Gasteiger partial charge in [-0.2, -0.15) is 0 Å². The highest BCUT2D eigenvalue weighted by Crippen LogP contribution is 2.47. The van der Waals surface area contributed by atoms with Crippen LogP contribution < -0.4 is 0 Å². The molecular formula is C23H22F2N2O4. The summed E-state index contributed by atoms with van der Waals surface area (Å²) in [6.07, 6.45) is 1.47. The lowest BCUT2D eigenvalue weighted by atomic mass is 9.89. The van der Waals surface area contributed by atoms with E-state index in [1.807, 2.05) is 0 Å². The van der Waals surface area contributed by atoms with Gasteiger partial charge in [-0.3, -0.25) is 9.59 Å². The monoisotopic (exact) mass is 428 g/mol. The summed E-state index contributed by atoms with van der Waals surface area (Å²) >= 11 is 0. The fraction of sp³-hybridized carbons (Fsp3) is 0.391. The first kappa shape index (κ1) is 19.9. The number of hydrogen-bond acceptors (Lipinski definition) is 4. The molecule has 2 aromatic carbocycles. The Bertz CT molecular complexity index is 1030. The number of halogens is 2. The first-order valence-electron chi connectivity index (χ1n) is 10.4. The van der Waals surface area contributed by atoms with E-state index in [2.05, 4.69) is 0 Å². The number of hydrogen-bond donors (Lipinski definition) is 1. The minimum Gasteiger partial charge on any atom is -0.508 e. The summed E-state index contributed by atoms with van der Waals surface area (Å²) in [5, 5.41) is 9.62. The Morgan fingerprint density at radius 3 is 2.45 bits per heavy atom. The quantitative estimate of drug-likeness (QED) is 0.797. The lowest BCUT2D eigenvalue weighted by molar-refractivity contribution is -0.142. The number of benzene rings is 2. The molecular weight excluding hydrogens is 406 g/mol. The summed E-state index contributed by atoms with van der Waals surface area (Å²) in [6, 6.07) is 9.11. The van der Waals surface area contributed by atoms with Gasteiger partial charge in [-0.25, -0.2) is 8.78 Å². The molecule has 31 heavy (non-hydrogen) atoms. The zero-order valence-electron chi connectivity index (χ0n) is 16.8. The average Bonchev–Trinajstić information content (AvgIpc) is 3.26. The van der Waals surface area contributed by atoms with E-state index in [9.17, 15) is 23.5 Å². The zero-order chi connectivity index (χ0) is 21.8. The van der Waals surface area contributed by atoms with Crippen LogP contribution in [0.25, 0.3) is 0 Å². The standard InChI is InChI=1S/C23H22F2N2O4/c24-16-10-15(11-17(25)13-16)19-4-5-20-27(19)22(30)23(31-20)6-8-26(9-7-23)21(29)14-2-1-3-18(28)12-14/h1-3,10-13,19-20,28H,4-9H2/t19-,20+/m0/s1. The molecule has 2 amide bonds. The van der Waals surface area contributed by atoms with E-state index in [1.54, 1.807) is 21.9 Å². The van der Waals surface area contributed by atoms with Crippen molar-refractivity contribution in [1.29, 1.82) is 0 Å². The maximum Gasteiger partial charge on any atom is 0.257 e. The van der Waals surface area contributed by atoms with Crippen LogP contribution >= 0.6 is 0 Å². The number of phenolic OH excluding ortho intramolecular Hbond substituents is 1. The fourth-order valence-electron chi connectivity index (χ4n) is 5.03. The highest BCUT2D eigenvalue weighted by Gasteiger charge is 2.58. The maximum atomic E-state index is 13.7. The SMILES string of the molecule is O=C(c1cccc(O)c1)N1CCC2(CC1)O[C@@H]1CC[C@@H](c3cc(F)cc(F)c3)N1C2=O. The highest BCUT2D eigenvalue weighted by atomic mass is 19.1. The lowest BCUT2D eigenvalue weighted by Crippen LogP contribution is -2.51. The van der Waals surface area contributed by atoms with Crippen LogP contribution in [0.3, 0.4) is 0 Å². The third kappa shape index (κ3) is 3.35. The summed E-state index contributed by atoms with van der Waals surface area (Å²) in [7, 11) is 0. The number of rotatable bonds is 2. The van der Waals surface area contributed by atoms with Crippen molar-refractivity contribution in [2.45, 2.75) is 43.6 Å². The van der Waals surface area contributed by atoms with Gasteiger partial charge in [0.25, 0.3) is 11.8 Å². The van der Waals surface area contributed by atoms with Gasteiger partial charge in [0.1, 0.15) is 23.6 Å². The normalized spacial score (nSPS) is 24.6. The molecule has 0 bridgehead atoms. The van der Waals surface area contributed by atoms with Crippen molar-refractivity contribution in [3.8, 4) is 5.75 Å². The van der Waals surface area contributed by atoms with Gasteiger partial charge < -0.3 is 19.6 Å². The number of amides is 2. The number of ether oxygens (including phenoxy) is 1. The van der Waals surface area contributed by atoms with Gasteiger partial charge in [0.05, 0.1) is 6.04 Å². The second-order valence-corrected chi connectivity index (χ2v) is 8.42. The van der Waals surface area contributed by atoms with Crippen molar-refractivity contribution in [2.24, 2.45) is 0 Å². The molecule has 1 spiro atoms. The summed E-state index contributed by atoms with van der Waals surface area (Å²) < 4.78 is 33.7. The average molecular weight is 428 g/mol. The van der Waals surface area contributed by atoms with E-state index in [0.29, 0.717) is 49.9 Å². The molecule has 0 radical (unpaired) electrons. The van der Waals surface area contributed by atoms with Crippen molar-refractivity contribution in [3.05, 3.63) is 65.2 Å². The predicted molar refractivity (Wildman–Crippen MR) is 106 cm³/mol. The molecule has 8 heteroatoms. The summed E-state index contributed by atoms with van der Waals surface area (Å²) in [5.74, 6) is -1.69. The Kier molecular flexibility index (Phi) is 4.69. The van der Waals surface area contributed by atoms with Gasteiger partial charge in [-0.05, 0) is 48.7 Å². The minimum absolute atomic E-state index is 0.0223. The van der Waals surface area contributed by atoms with Crippen molar-refractivity contribution in [1.82, 2.24) is 9.80 Å². The molecule has 0 aromatic heterocycles. The van der Waals surface area contributed by atoms with E-state index in [1.165, 1.54) is 24.3 Å². The van der Waals surface area contributed by atoms with Crippen molar-refractivity contribution >= 4 is 11.8 Å². The number of carbonyl (C=O) groups excluding carboxylic acids is 2. The molecule has 162 valence electrons. The molecule has 0 unspecified atom stereocenters. The number of aromatic hydroxyl groups is 1. The second kappa shape index (κ2) is 7.30. The second-order valence-electron chi connectivity index (χ2n) is 8.42. The maximum absolute atomic E-state index is 13.7. The Morgan fingerprint density at radius 1 is 1.06 bits per heavy atom. The van der Waals surface area contributed by atoms with E-state index in [4.69, 9.17) is 4.74 Å². The number of carbonyl (C=O) groups is 2. The van der Waals surface area contributed by atoms with Crippen LogP contribution in [-0.4, -0.2) is 51.6 Å². The lowest BCUT2D eigenvalue weighted by Gasteiger charge is -2.37. The van der Waals surface area contributed by atoms with Gasteiger partial charge in [-0.15, -0.1) is 0 Å². The number of piperidine rings is 1. The van der Waals surface area contributed by atoms with Crippen LogP contribution in [0.5, 0.6) is 5.75 Å². The molecule has 3 aliphatic rings. The number of nitrogens with zero attached hydrogens (tertiary/aromatic N) is 2. The third-order valence-electron chi connectivity index (χ3n) is 6.54. The fourth-order valence-corrected chi connectivity index (χ4v) is 5.03. The molecule has 6 nitrogen and oxygen atoms in total. The van der Waals surface area contributed by atoms with Crippen LogP contribution in [0.2, 0.25) is 0 Å². The molecule has 1 N–H and O–H groups in total. The summed E-state index contributed by atoms with van der Waals surface area (Å²) in [4.78, 5) is 29.4. The van der Waals surface area contributed by atoms with Crippen molar-refractivity contribution in [3.63, 3.8) is 0 Å². The van der Waals surface area contributed by atoms with Gasteiger partial charge in [0.15, 0.2) is 5.60 Å².